The summed E-state index contributed by atoms with van der Waals surface area (Å²) < 4.78 is 4.59. The maximum Gasteiger partial charge on any atom is 0.309 e. The van der Waals surface area contributed by atoms with Crippen LogP contribution in [0.15, 0.2) is 35.5 Å². The van der Waals surface area contributed by atoms with E-state index in [9.17, 15) is 4.79 Å². The van der Waals surface area contributed by atoms with Crippen LogP contribution in [-0.4, -0.2) is 13.1 Å². The van der Waals surface area contributed by atoms with Crippen LogP contribution in [0.4, 0.5) is 0 Å². The molecule has 2 heteroatoms. The van der Waals surface area contributed by atoms with Gasteiger partial charge in [-0.15, -0.1) is 0 Å². The quantitative estimate of drug-likeness (QED) is 0.650. The smallest absolute Gasteiger partial charge is 0.309 e. The van der Waals surface area contributed by atoms with E-state index in [2.05, 4.69) is 17.7 Å². The molecule has 0 atom stereocenters. The highest BCUT2D eigenvalue weighted by Gasteiger charge is 2.03. The van der Waals surface area contributed by atoms with Gasteiger partial charge in [0.05, 0.1) is 13.5 Å². The third kappa shape index (κ3) is 5.89. The van der Waals surface area contributed by atoms with Gasteiger partial charge in [0.25, 0.3) is 0 Å². The molecule has 0 bridgehead atoms. The third-order valence-corrected chi connectivity index (χ3v) is 1.93. The van der Waals surface area contributed by atoms with E-state index < -0.39 is 0 Å². The van der Waals surface area contributed by atoms with Gasteiger partial charge >= 0.3 is 5.97 Å². The molecule has 2 nitrogen and oxygen atoms in total. The lowest BCUT2D eigenvalue weighted by Gasteiger charge is -1.98. The number of rotatable bonds is 2. The minimum absolute atomic E-state index is 0.191. The molecule has 0 heterocycles. The Hall–Kier alpha value is -1.31. The molecule has 0 aromatic heterocycles. The van der Waals surface area contributed by atoms with E-state index in [0.717, 1.165) is 12.0 Å². The van der Waals surface area contributed by atoms with E-state index in [1.807, 2.05) is 32.1 Å². The van der Waals surface area contributed by atoms with Gasteiger partial charge in [0.1, 0.15) is 0 Å². The van der Waals surface area contributed by atoms with Crippen molar-refractivity contribution in [1.29, 1.82) is 0 Å². The van der Waals surface area contributed by atoms with Crippen LogP contribution in [0.1, 0.15) is 33.6 Å². The second kappa shape index (κ2) is 8.04. The zero-order valence-electron chi connectivity index (χ0n) is 10.0. The summed E-state index contributed by atoms with van der Waals surface area (Å²) in [6.45, 7) is 6.07. The summed E-state index contributed by atoms with van der Waals surface area (Å²) in [5, 5.41) is 0. The molecule has 0 spiro atoms. The van der Waals surface area contributed by atoms with E-state index in [0.29, 0.717) is 6.42 Å². The molecule has 0 aromatic carbocycles. The Morgan fingerprint density at radius 1 is 1.40 bits per heavy atom. The molecule has 0 aromatic rings. The number of carbonyl (C=O) groups is 1. The lowest BCUT2D eigenvalue weighted by Crippen LogP contribution is -2.00. The van der Waals surface area contributed by atoms with Crippen LogP contribution >= 0.6 is 0 Å². The number of allylic oxidation sites excluding steroid dienone is 5. The Labute approximate surface area is 92.3 Å². The van der Waals surface area contributed by atoms with Gasteiger partial charge in [-0.05, 0) is 18.9 Å². The maximum absolute atomic E-state index is 11.0. The maximum atomic E-state index is 11.0. The fourth-order valence-electron chi connectivity index (χ4n) is 1.13. The van der Waals surface area contributed by atoms with Gasteiger partial charge in [-0.1, -0.05) is 43.7 Å². The standard InChI is InChI=1S/C11H14O2.C2H6/c1-9-4-3-5-10(7-6-9)8-11(12)13-2;1-2/h3,5-7H,4,8H2,1-2H3;1-2H3. The summed E-state index contributed by atoms with van der Waals surface area (Å²) in [4.78, 5) is 11.0. The molecule has 1 aliphatic carbocycles. The first-order valence-corrected chi connectivity index (χ1v) is 5.32. The van der Waals surface area contributed by atoms with Gasteiger partial charge in [-0.25, -0.2) is 0 Å². The van der Waals surface area contributed by atoms with Crippen molar-refractivity contribution in [1.82, 2.24) is 0 Å². The Kier molecular flexibility index (Phi) is 7.33. The van der Waals surface area contributed by atoms with E-state index in [-0.39, 0.29) is 5.97 Å². The first kappa shape index (κ1) is 13.7. The summed E-state index contributed by atoms with van der Waals surface area (Å²) in [5.74, 6) is -0.191. The number of esters is 1. The largest absolute Gasteiger partial charge is 0.469 e. The van der Waals surface area contributed by atoms with Crippen molar-refractivity contribution < 1.29 is 9.53 Å². The van der Waals surface area contributed by atoms with Gasteiger partial charge < -0.3 is 4.74 Å². The number of ether oxygens (including phenoxy) is 1. The van der Waals surface area contributed by atoms with Crippen molar-refractivity contribution in [2.45, 2.75) is 33.6 Å². The first-order chi connectivity index (χ1) is 7.22. The van der Waals surface area contributed by atoms with Crippen molar-refractivity contribution in [2.24, 2.45) is 0 Å². The highest BCUT2D eigenvalue weighted by atomic mass is 16.5. The minimum Gasteiger partial charge on any atom is -0.469 e. The Bertz CT molecular complexity index is 283. The van der Waals surface area contributed by atoms with Gasteiger partial charge in [0.2, 0.25) is 0 Å². The lowest BCUT2D eigenvalue weighted by atomic mass is 10.1. The molecule has 15 heavy (non-hydrogen) atoms. The molecule has 0 radical (unpaired) electrons. The minimum atomic E-state index is -0.191. The van der Waals surface area contributed by atoms with Crippen LogP contribution in [0.2, 0.25) is 0 Å². The van der Waals surface area contributed by atoms with Crippen molar-refractivity contribution in [3.05, 3.63) is 35.5 Å². The van der Waals surface area contributed by atoms with E-state index in [1.165, 1.54) is 12.7 Å². The van der Waals surface area contributed by atoms with E-state index in [4.69, 9.17) is 0 Å². The van der Waals surface area contributed by atoms with Crippen LogP contribution in [0.5, 0.6) is 0 Å². The van der Waals surface area contributed by atoms with Crippen molar-refractivity contribution in [3.8, 4) is 0 Å². The molecule has 0 amide bonds. The van der Waals surface area contributed by atoms with Crippen LogP contribution in [0.25, 0.3) is 0 Å². The summed E-state index contributed by atoms with van der Waals surface area (Å²) in [6.07, 6.45) is 9.36. The molecule has 0 unspecified atom stereocenters. The monoisotopic (exact) mass is 208 g/mol. The zero-order valence-corrected chi connectivity index (χ0v) is 10.0. The van der Waals surface area contributed by atoms with Crippen LogP contribution < -0.4 is 0 Å². The SMILES string of the molecule is CC.COC(=O)CC1=CC=C(C)CC=C1. The molecule has 84 valence electrons. The number of hydrogen-bond donors (Lipinski definition) is 0. The highest BCUT2D eigenvalue weighted by Crippen LogP contribution is 2.13. The lowest BCUT2D eigenvalue weighted by molar-refractivity contribution is -0.139. The second-order valence-electron chi connectivity index (χ2n) is 3.11. The van der Waals surface area contributed by atoms with E-state index in [1.54, 1.807) is 0 Å². The molecular weight excluding hydrogens is 188 g/mol. The molecule has 1 aliphatic rings. The fraction of sp³-hybridized carbons (Fsp3) is 0.462. The van der Waals surface area contributed by atoms with Crippen molar-refractivity contribution in [2.75, 3.05) is 7.11 Å². The third-order valence-electron chi connectivity index (χ3n) is 1.93. The van der Waals surface area contributed by atoms with Gasteiger partial charge in [0, 0.05) is 0 Å². The number of carbonyl (C=O) groups excluding carboxylic acids is 1. The topological polar surface area (TPSA) is 26.3 Å². The number of methoxy groups -OCH3 is 1. The van der Waals surface area contributed by atoms with E-state index >= 15 is 0 Å². The molecule has 1 rings (SSSR count). The molecule has 0 saturated heterocycles. The fourth-order valence-corrected chi connectivity index (χ4v) is 1.13. The Morgan fingerprint density at radius 3 is 2.67 bits per heavy atom. The predicted molar refractivity (Wildman–Crippen MR) is 63.6 cm³/mol. The molecular formula is C13H20O2. The van der Waals surface area contributed by atoms with Gasteiger partial charge in [-0.3, -0.25) is 4.79 Å². The van der Waals surface area contributed by atoms with Gasteiger partial charge in [-0.2, -0.15) is 0 Å². The summed E-state index contributed by atoms with van der Waals surface area (Å²) in [6, 6.07) is 0. The molecule has 0 fully saturated rings. The van der Waals surface area contributed by atoms with Crippen LogP contribution in [0, 0.1) is 0 Å². The van der Waals surface area contributed by atoms with Crippen LogP contribution in [0.3, 0.4) is 0 Å². The summed E-state index contributed by atoms with van der Waals surface area (Å²) >= 11 is 0. The first-order valence-electron chi connectivity index (χ1n) is 5.32. The number of hydrogen-bond acceptors (Lipinski definition) is 2. The zero-order chi connectivity index (χ0) is 11.7. The second-order valence-corrected chi connectivity index (χ2v) is 3.11. The highest BCUT2D eigenvalue weighted by molar-refractivity contribution is 5.73. The van der Waals surface area contributed by atoms with Crippen molar-refractivity contribution >= 4 is 5.97 Å². The van der Waals surface area contributed by atoms with Crippen molar-refractivity contribution in [3.63, 3.8) is 0 Å². The Balaban J connectivity index is 0.000000921. The predicted octanol–water partition coefficient (Wildman–Crippen LogP) is 3.41. The average molecular weight is 208 g/mol. The van der Waals surface area contributed by atoms with Gasteiger partial charge in [0.15, 0.2) is 0 Å². The molecule has 0 aliphatic heterocycles. The van der Waals surface area contributed by atoms with Crippen LogP contribution in [-0.2, 0) is 9.53 Å². The summed E-state index contributed by atoms with van der Waals surface area (Å²) in [5.41, 5.74) is 2.31. The summed E-state index contributed by atoms with van der Waals surface area (Å²) in [7, 11) is 1.41. The molecule has 0 saturated carbocycles. The Morgan fingerprint density at radius 2 is 2.07 bits per heavy atom. The molecule has 0 N–H and O–H groups in total. The average Bonchev–Trinajstić information content (AvgIpc) is 2.46. The normalized spacial score (nSPS) is 14.1.